The van der Waals surface area contributed by atoms with E-state index in [4.69, 9.17) is 0 Å². The van der Waals surface area contributed by atoms with E-state index in [1.54, 1.807) is 25.5 Å². The van der Waals surface area contributed by atoms with Gasteiger partial charge in [-0.1, -0.05) is 0 Å². The van der Waals surface area contributed by atoms with E-state index in [0.717, 1.165) is 42.2 Å². The molecule has 0 unspecified atom stereocenters. The monoisotopic (exact) mass is 346 g/mol. The molecular formula is C17H22N4O2S. The molecule has 128 valence electrons. The van der Waals surface area contributed by atoms with E-state index in [2.05, 4.69) is 15.0 Å². The largest absolute Gasteiger partial charge is 0.393 e. The Morgan fingerprint density at radius 1 is 1.46 bits per heavy atom. The van der Waals surface area contributed by atoms with E-state index in [0.29, 0.717) is 12.8 Å². The summed E-state index contributed by atoms with van der Waals surface area (Å²) in [6, 6.07) is 0.143. The molecule has 24 heavy (non-hydrogen) atoms. The molecular weight excluding hydrogens is 324 g/mol. The number of hydrogen-bond acceptors (Lipinski definition) is 6. The lowest BCUT2D eigenvalue weighted by atomic mass is 9.96. The molecule has 1 N–H and O–H groups in total. The molecule has 1 amide bonds. The highest BCUT2D eigenvalue weighted by Crippen LogP contribution is 2.24. The van der Waals surface area contributed by atoms with Gasteiger partial charge < -0.3 is 10.0 Å². The molecule has 0 radical (unpaired) electrons. The number of piperidine rings is 1. The molecule has 0 aliphatic carbocycles. The summed E-state index contributed by atoms with van der Waals surface area (Å²) in [5, 5.41) is 12.4. The van der Waals surface area contributed by atoms with Gasteiger partial charge in [-0.25, -0.2) is 4.98 Å². The van der Waals surface area contributed by atoms with Crippen molar-refractivity contribution < 1.29 is 9.90 Å². The number of nitrogens with zero attached hydrogens (tertiary/aromatic N) is 4. The Kier molecular flexibility index (Phi) is 5.52. The Labute approximate surface area is 145 Å². The molecule has 0 spiro atoms. The first-order chi connectivity index (χ1) is 11.6. The first-order valence-electron chi connectivity index (χ1n) is 8.32. The second-order valence-corrected chi connectivity index (χ2v) is 7.09. The summed E-state index contributed by atoms with van der Waals surface area (Å²) < 4.78 is 0. The highest BCUT2D eigenvalue weighted by Gasteiger charge is 2.28. The third-order valence-corrected chi connectivity index (χ3v) is 5.14. The van der Waals surface area contributed by atoms with Gasteiger partial charge in [0.25, 0.3) is 0 Å². The first kappa shape index (κ1) is 17.0. The average molecular weight is 346 g/mol. The standard InChI is InChI=1S/C17H22N4O2S/c1-12(22)8-14-4-2-3-7-21(14)16(23)9-13-11-24-17(20-13)15-10-18-5-6-19-15/h5-6,10-12,14,22H,2-4,7-9H2,1H3/t12-,14-/m1/s1. The van der Waals surface area contributed by atoms with E-state index in [1.807, 2.05) is 10.3 Å². The van der Waals surface area contributed by atoms with Crippen molar-refractivity contribution >= 4 is 17.2 Å². The number of carbonyl (C=O) groups is 1. The minimum atomic E-state index is -0.383. The summed E-state index contributed by atoms with van der Waals surface area (Å²) in [6.45, 7) is 2.56. The van der Waals surface area contributed by atoms with Crippen molar-refractivity contribution in [1.82, 2.24) is 19.9 Å². The van der Waals surface area contributed by atoms with Gasteiger partial charge in [0, 0.05) is 30.4 Å². The molecule has 0 bridgehead atoms. The minimum absolute atomic E-state index is 0.0938. The van der Waals surface area contributed by atoms with Crippen LogP contribution in [0, 0.1) is 0 Å². The van der Waals surface area contributed by atoms with Crippen molar-refractivity contribution in [3.8, 4) is 10.7 Å². The number of carbonyl (C=O) groups excluding carboxylic acids is 1. The quantitative estimate of drug-likeness (QED) is 0.898. The molecule has 2 aromatic heterocycles. The predicted octanol–water partition coefficient (Wildman–Crippen LogP) is 2.29. The molecule has 7 heteroatoms. The number of aliphatic hydroxyl groups excluding tert-OH is 1. The third kappa shape index (κ3) is 4.15. The second-order valence-electron chi connectivity index (χ2n) is 6.23. The Hall–Kier alpha value is -1.86. The lowest BCUT2D eigenvalue weighted by molar-refractivity contribution is -0.134. The van der Waals surface area contributed by atoms with Gasteiger partial charge in [0.1, 0.15) is 10.7 Å². The Balaban J connectivity index is 1.67. The maximum absolute atomic E-state index is 12.7. The summed E-state index contributed by atoms with van der Waals surface area (Å²) in [4.78, 5) is 27.4. The van der Waals surface area contributed by atoms with Crippen molar-refractivity contribution in [3.63, 3.8) is 0 Å². The Morgan fingerprint density at radius 3 is 3.08 bits per heavy atom. The van der Waals surface area contributed by atoms with Crippen LogP contribution in [0.15, 0.2) is 24.0 Å². The lowest BCUT2D eigenvalue weighted by Gasteiger charge is -2.36. The van der Waals surface area contributed by atoms with Gasteiger partial charge in [-0.15, -0.1) is 11.3 Å². The molecule has 2 atom stereocenters. The topological polar surface area (TPSA) is 79.2 Å². The van der Waals surface area contributed by atoms with Crippen molar-refractivity contribution in [1.29, 1.82) is 0 Å². The molecule has 1 aliphatic rings. The fraction of sp³-hybridized carbons (Fsp3) is 0.529. The van der Waals surface area contributed by atoms with Gasteiger partial charge in [0.2, 0.25) is 5.91 Å². The summed E-state index contributed by atoms with van der Waals surface area (Å²) in [7, 11) is 0. The maximum Gasteiger partial charge on any atom is 0.228 e. The molecule has 1 fully saturated rings. The van der Waals surface area contributed by atoms with Crippen molar-refractivity contribution in [2.45, 2.75) is 51.2 Å². The fourth-order valence-corrected chi connectivity index (χ4v) is 3.92. The van der Waals surface area contributed by atoms with Crippen LogP contribution in [0.3, 0.4) is 0 Å². The number of aliphatic hydroxyl groups is 1. The van der Waals surface area contributed by atoms with Crippen molar-refractivity contribution in [2.75, 3.05) is 6.54 Å². The predicted molar refractivity (Wildman–Crippen MR) is 92.5 cm³/mol. The molecule has 3 rings (SSSR count). The summed E-state index contributed by atoms with van der Waals surface area (Å²) in [6.07, 6.45) is 8.62. The zero-order valence-corrected chi connectivity index (χ0v) is 14.6. The van der Waals surface area contributed by atoms with Crippen molar-refractivity contribution in [2.24, 2.45) is 0 Å². The highest BCUT2D eigenvalue weighted by atomic mass is 32.1. The molecule has 2 aromatic rings. The number of amides is 1. The molecule has 3 heterocycles. The zero-order chi connectivity index (χ0) is 16.9. The van der Waals surface area contributed by atoms with Crippen LogP contribution in [-0.2, 0) is 11.2 Å². The van der Waals surface area contributed by atoms with Crippen LogP contribution >= 0.6 is 11.3 Å². The lowest BCUT2D eigenvalue weighted by Crippen LogP contribution is -2.45. The molecule has 1 aliphatic heterocycles. The number of hydrogen-bond donors (Lipinski definition) is 1. The van der Waals surface area contributed by atoms with Crippen LogP contribution in [0.2, 0.25) is 0 Å². The maximum atomic E-state index is 12.7. The van der Waals surface area contributed by atoms with E-state index >= 15 is 0 Å². The number of rotatable bonds is 5. The number of likely N-dealkylation sites (tertiary alicyclic amines) is 1. The van der Waals surface area contributed by atoms with Gasteiger partial charge >= 0.3 is 0 Å². The van der Waals surface area contributed by atoms with Crippen LogP contribution < -0.4 is 0 Å². The third-order valence-electron chi connectivity index (χ3n) is 4.23. The Bertz CT molecular complexity index is 674. The van der Waals surface area contributed by atoms with Gasteiger partial charge in [-0.05, 0) is 32.6 Å². The van der Waals surface area contributed by atoms with E-state index in [-0.39, 0.29) is 18.1 Å². The van der Waals surface area contributed by atoms with E-state index in [9.17, 15) is 9.90 Å². The van der Waals surface area contributed by atoms with Crippen LogP contribution in [0.5, 0.6) is 0 Å². The molecule has 0 saturated carbocycles. The molecule has 1 saturated heterocycles. The average Bonchev–Trinajstić information content (AvgIpc) is 3.04. The van der Waals surface area contributed by atoms with Gasteiger partial charge in [0.05, 0.1) is 24.4 Å². The number of thiazole rings is 1. The van der Waals surface area contributed by atoms with Crippen molar-refractivity contribution in [3.05, 3.63) is 29.7 Å². The number of aromatic nitrogens is 3. The SMILES string of the molecule is C[C@@H](O)C[C@H]1CCCCN1C(=O)Cc1csc(-c2cnccn2)n1. The minimum Gasteiger partial charge on any atom is -0.393 e. The highest BCUT2D eigenvalue weighted by molar-refractivity contribution is 7.13. The molecule has 0 aromatic carbocycles. The van der Waals surface area contributed by atoms with Gasteiger partial charge in [-0.2, -0.15) is 0 Å². The van der Waals surface area contributed by atoms with Crippen LogP contribution in [-0.4, -0.2) is 49.6 Å². The summed E-state index contributed by atoms with van der Waals surface area (Å²) in [5.74, 6) is 0.0938. The van der Waals surface area contributed by atoms with E-state index in [1.165, 1.54) is 11.3 Å². The zero-order valence-electron chi connectivity index (χ0n) is 13.8. The summed E-state index contributed by atoms with van der Waals surface area (Å²) in [5.41, 5.74) is 1.50. The Morgan fingerprint density at radius 2 is 2.33 bits per heavy atom. The van der Waals surface area contributed by atoms with Crippen LogP contribution in [0.1, 0.15) is 38.3 Å². The van der Waals surface area contributed by atoms with Crippen LogP contribution in [0.4, 0.5) is 0 Å². The first-order valence-corrected chi connectivity index (χ1v) is 9.20. The van der Waals surface area contributed by atoms with E-state index < -0.39 is 0 Å². The van der Waals surface area contributed by atoms with Crippen LogP contribution in [0.25, 0.3) is 10.7 Å². The normalized spacial score (nSPS) is 19.2. The van der Waals surface area contributed by atoms with Gasteiger partial charge in [0.15, 0.2) is 0 Å². The summed E-state index contributed by atoms with van der Waals surface area (Å²) >= 11 is 1.48. The smallest absolute Gasteiger partial charge is 0.228 e. The fourth-order valence-electron chi connectivity index (χ4n) is 3.14. The van der Waals surface area contributed by atoms with Gasteiger partial charge in [-0.3, -0.25) is 14.8 Å². The molecule has 6 nitrogen and oxygen atoms in total. The second kappa shape index (κ2) is 7.81.